The number of nitrogens with zero attached hydrogens (tertiary/aromatic N) is 2. The van der Waals surface area contributed by atoms with Gasteiger partial charge in [0.05, 0.1) is 13.5 Å². The Labute approximate surface area is 141 Å². The lowest BCUT2D eigenvalue weighted by atomic mass is 9.88. The van der Waals surface area contributed by atoms with Gasteiger partial charge in [-0.15, -0.1) is 0 Å². The maximum absolute atomic E-state index is 12.7. The van der Waals surface area contributed by atoms with Gasteiger partial charge in [0.15, 0.2) is 5.82 Å². The van der Waals surface area contributed by atoms with Crippen LogP contribution in [0, 0.1) is 0 Å². The van der Waals surface area contributed by atoms with E-state index in [1.807, 2.05) is 24.3 Å². The van der Waals surface area contributed by atoms with Gasteiger partial charge < -0.3 is 14.8 Å². The standard InChI is InChI=1S/C18H21N3O3/c1-23-15-6-3-2-5-14(15)13-16(22)21-18(7-11-24-12-8-18)17-19-9-4-10-20-17/h2-6,9-10H,7-8,11-13H2,1H3,(H,21,22). The van der Waals surface area contributed by atoms with E-state index in [4.69, 9.17) is 9.47 Å². The molecule has 3 rings (SSSR count). The van der Waals surface area contributed by atoms with Crippen molar-refractivity contribution in [3.63, 3.8) is 0 Å². The number of hydrogen-bond acceptors (Lipinski definition) is 5. The highest BCUT2D eigenvalue weighted by Gasteiger charge is 2.38. The van der Waals surface area contributed by atoms with Gasteiger partial charge in [0.25, 0.3) is 0 Å². The van der Waals surface area contributed by atoms with E-state index >= 15 is 0 Å². The minimum Gasteiger partial charge on any atom is -0.496 e. The van der Waals surface area contributed by atoms with Gasteiger partial charge >= 0.3 is 0 Å². The maximum atomic E-state index is 12.7. The van der Waals surface area contributed by atoms with Crippen LogP contribution >= 0.6 is 0 Å². The minimum atomic E-state index is -0.571. The molecule has 6 nitrogen and oxygen atoms in total. The van der Waals surface area contributed by atoms with E-state index in [1.165, 1.54) is 0 Å². The lowest BCUT2D eigenvalue weighted by Crippen LogP contribution is -2.51. The summed E-state index contributed by atoms with van der Waals surface area (Å²) in [4.78, 5) is 21.4. The number of ether oxygens (including phenoxy) is 2. The Morgan fingerprint density at radius 1 is 1.21 bits per heavy atom. The number of carbonyl (C=O) groups excluding carboxylic acids is 1. The number of amides is 1. The predicted octanol–water partition coefficient (Wildman–Crippen LogP) is 1.85. The zero-order chi connectivity index (χ0) is 16.8. The fraction of sp³-hybridized carbons (Fsp3) is 0.389. The Morgan fingerprint density at radius 3 is 2.62 bits per heavy atom. The van der Waals surface area contributed by atoms with Crippen LogP contribution in [0.1, 0.15) is 24.2 Å². The average Bonchev–Trinajstić information content (AvgIpc) is 2.63. The van der Waals surface area contributed by atoms with Crippen molar-refractivity contribution in [2.45, 2.75) is 24.8 Å². The number of benzene rings is 1. The minimum absolute atomic E-state index is 0.0751. The Kier molecular flexibility index (Phi) is 5.05. The first kappa shape index (κ1) is 16.4. The van der Waals surface area contributed by atoms with E-state index in [1.54, 1.807) is 25.6 Å². The van der Waals surface area contributed by atoms with Crippen molar-refractivity contribution in [3.8, 4) is 5.75 Å². The highest BCUT2D eigenvalue weighted by molar-refractivity contribution is 5.80. The Bertz CT molecular complexity index is 685. The first-order valence-corrected chi connectivity index (χ1v) is 8.02. The molecule has 0 atom stereocenters. The van der Waals surface area contributed by atoms with Crippen LogP contribution < -0.4 is 10.1 Å². The monoisotopic (exact) mass is 327 g/mol. The molecule has 1 aromatic carbocycles. The van der Waals surface area contributed by atoms with Gasteiger partial charge in [-0.2, -0.15) is 0 Å². The molecule has 1 saturated heterocycles. The summed E-state index contributed by atoms with van der Waals surface area (Å²) in [5, 5.41) is 3.15. The van der Waals surface area contributed by atoms with Gasteiger partial charge in [-0.05, 0) is 12.1 Å². The molecule has 1 amide bonds. The molecule has 2 aromatic rings. The van der Waals surface area contributed by atoms with Crippen LogP contribution in [0.15, 0.2) is 42.7 Å². The molecule has 1 aliphatic heterocycles. The molecule has 6 heteroatoms. The number of para-hydroxylation sites is 1. The third-order valence-electron chi connectivity index (χ3n) is 4.26. The summed E-state index contributed by atoms with van der Waals surface area (Å²) in [6.45, 7) is 1.15. The summed E-state index contributed by atoms with van der Waals surface area (Å²) in [6, 6.07) is 9.31. The van der Waals surface area contributed by atoms with Crippen LogP contribution in [0.25, 0.3) is 0 Å². The fourth-order valence-corrected chi connectivity index (χ4v) is 3.00. The second kappa shape index (κ2) is 7.40. The highest BCUT2D eigenvalue weighted by Crippen LogP contribution is 2.30. The molecule has 2 heterocycles. The van der Waals surface area contributed by atoms with Crippen molar-refractivity contribution in [1.82, 2.24) is 15.3 Å². The molecule has 0 radical (unpaired) electrons. The molecule has 24 heavy (non-hydrogen) atoms. The second-order valence-corrected chi connectivity index (χ2v) is 5.80. The van der Waals surface area contributed by atoms with E-state index < -0.39 is 5.54 Å². The number of hydrogen-bond donors (Lipinski definition) is 1. The van der Waals surface area contributed by atoms with Crippen molar-refractivity contribution < 1.29 is 14.3 Å². The quantitative estimate of drug-likeness (QED) is 0.907. The van der Waals surface area contributed by atoms with Crippen molar-refractivity contribution in [3.05, 3.63) is 54.1 Å². The summed E-state index contributed by atoms with van der Waals surface area (Å²) in [6.07, 6.45) is 4.97. The number of nitrogens with one attached hydrogen (secondary N) is 1. The zero-order valence-corrected chi connectivity index (χ0v) is 13.7. The predicted molar refractivity (Wildman–Crippen MR) is 88.6 cm³/mol. The molecule has 0 spiro atoms. The van der Waals surface area contributed by atoms with Crippen molar-refractivity contribution >= 4 is 5.91 Å². The zero-order valence-electron chi connectivity index (χ0n) is 13.7. The van der Waals surface area contributed by atoms with Crippen molar-refractivity contribution in [1.29, 1.82) is 0 Å². The van der Waals surface area contributed by atoms with E-state index in [0.717, 1.165) is 5.56 Å². The Morgan fingerprint density at radius 2 is 1.92 bits per heavy atom. The van der Waals surface area contributed by atoms with Gasteiger partial charge in [0.2, 0.25) is 5.91 Å². The largest absolute Gasteiger partial charge is 0.496 e. The molecule has 1 N–H and O–H groups in total. The molecule has 0 bridgehead atoms. The third-order valence-corrected chi connectivity index (χ3v) is 4.26. The number of methoxy groups -OCH3 is 1. The summed E-state index contributed by atoms with van der Waals surface area (Å²) >= 11 is 0. The van der Waals surface area contributed by atoms with E-state index in [0.29, 0.717) is 37.6 Å². The highest BCUT2D eigenvalue weighted by atomic mass is 16.5. The molecule has 0 aliphatic carbocycles. The van der Waals surface area contributed by atoms with Crippen LogP contribution in [-0.4, -0.2) is 36.2 Å². The first-order valence-electron chi connectivity index (χ1n) is 8.02. The summed E-state index contributed by atoms with van der Waals surface area (Å²) in [7, 11) is 1.61. The normalized spacial score (nSPS) is 16.4. The molecule has 1 aromatic heterocycles. The fourth-order valence-electron chi connectivity index (χ4n) is 3.00. The van der Waals surface area contributed by atoms with Gasteiger partial charge in [-0.25, -0.2) is 9.97 Å². The summed E-state index contributed by atoms with van der Waals surface area (Å²) in [5.41, 5.74) is 0.284. The maximum Gasteiger partial charge on any atom is 0.225 e. The van der Waals surface area contributed by atoms with Gasteiger partial charge in [-0.1, -0.05) is 18.2 Å². The lowest BCUT2D eigenvalue weighted by molar-refractivity contribution is -0.124. The molecular weight excluding hydrogens is 306 g/mol. The topological polar surface area (TPSA) is 73.3 Å². The number of aromatic nitrogens is 2. The SMILES string of the molecule is COc1ccccc1CC(=O)NC1(c2ncccn2)CCOCC1. The Hall–Kier alpha value is -2.47. The van der Waals surface area contributed by atoms with Crippen LogP contribution in [-0.2, 0) is 21.5 Å². The smallest absolute Gasteiger partial charge is 0.225 e. The van der Waals surface area contributed by atoms with Gasteiger partial charge in [-0.3, -0.25) is 4.79 Å². The number of rotatable bonds is 5. The van der Waals surface area contributed by atoms with Crippen LogP contribution in [0.2, 0.25) is 0 Å². The van der Waals surface area contributed by atoms with E-state index in [2.05, 4.69) is 15.3 Å². The Balaban J connectivity index is 1.79. The van der Waals surface area contributed by atoms with E-state index in [9.17, 15) is 4.79 Å². The summed E-state index contributed by atoms with van der Waals surface area (Å²) < 4.78 is 10.8. The second-order valence-electron chi connectivity index (χ2n) is 5.80. The van der Waals surface area contributed by atoms with Crippen molar-refractivity contribution in [2.75, 3.05) is 20.3 Å². The first-order chi connectivity index (χ1) is 11.7. The molecule has 0 saturated carbocycles. The van der Waals surface area contributed by atoms with Crippen LogP contribution in [0.5, 0.6) is 5.75 Å². The van der Waals surface area contributed by atoms with E-state index in [-0.39, 0.29) is 12.3 Å². The molecule has 1 fully saturated rings. The van der Waals surface area contributed by atoms with Gasteiger partial charge in [0.1, 0.15) is 11.3 Å². The summed E-state index contributed by atoms with van der Waals surface area (Å²) in [5.74, 6) is 1.28. The average molecular weight is 327 g/mol. The molecule has 0 unspecified atom stereocenters. The van der Waals surface area contributed by atoms with Crippen molar-refractivity contribution in [2.24, 2.45) is 0 Å². The number of carbonyl (C=O) groups is 1. The lowest BCUT2D eigenvalue weighted by Gasteiger charge is -2.36. The third kappa shape index (κ3) is 3.54. The van der Waals surface area contributed by atoms with Crippen LogP contribution in [0.3, 0.4) is 0 Å². The van der Waals surface area contributed by atoms with Gasteiger partial charge in [0, 0.05) is 44.0 Å². The molecule has 1 aliphatic rings. The van der Waals surface area contributed by atoms with Crippen LogP contribution in [0.4, 0.5) is 0 Å². The molecular formula is C18H21N3O3. The molecule has 126 valence electrons.